The molecule has 0 amide bonds. The van der Waals surface area contributed by atoms with Gasteiger partial charge in [-0.2, -0.15) is 0 Å². The number of hydrogen-bond acceptors (Lipinski definition) is 4. The minimum Gasteiger partial charge on any atom is -0.497 e. The lowest BCUT2D eigenvalue weighted by Gasteiger charge is -2.08. The molecule has 5 nitrogen and oxygen atoms in total. The summed E-state index contributed by atoms with van der Waals surface area (Å²) >= 11 is 0. The predicted molar refractivity (Wildman–Crippen MR) is 78.6 cm³/mol. The van der Waals surface area contributed by atoms with Crippen molar-refractivity contribution in [1.82, 2.24) is 15.0 Å². The first-order chi connectivity index (χ1) is 10.3. The first-order valence-electron chi connectivity index (χ1n) is 6.59. The highest BCUT2D eigenvalue weighted by Gasteiger charge is 2.07. The van der Waals surface area contributed by atoms with Crippen molar-refractivity contribution >= 4 is 0 Å². The summed E-state index contributed by atoms with van der Waals surface area (Å²) in [6.07, 6.45) is 1.60. The Morgan fingerprint density at radius 2 is 1.81 bits per heavy atom. The summed E-state index contributed by atoms with van der Waals surface area (Å²) in [6.45, 7) is 0.611. The number of nitrogens with zero attached hydrogens (tertiary/aromatic N) is 3. The SMILES string of the molecule is COc1cccc(Oc2cnnn2Cc2ccccc2)c1. The second-order valence-corrected chi connectivity index (χ2v) is 4.50. The lowest BCUT2D eigenvalue weighted by atomic mass is 10.2. The lowest BCUT2D eigenvalue weighted by Crippen LogP contribution is -2.04. The second kappa shape index (κ2) is 6.09. The molecule has 0 aliphatic heterocycles. The number of ether oxygens (including phenoxy) is 2. The highest BCUT2D eigenvalue weighted by atomic mass is 16.5. The van der Waals surface area contributed by atoms with Gasteiger partial charge < -0.3 is 9.47 Å². The monoisotopic (exact) mass is 281 g/mol. The van der Waals surface area contributed by atoms with E-state index < -0.39 is 0 Å². The Kier molecular flexibility index (Phi) is 3.82. The zero-order chi connectivity index (χ0) is 14.5. The van der Waals surface area contributed by atoms with Gasteiger partial charge in [0.1, 0.15) is 17.7 Å². The smallest absolute Gasteiger partial charge is 0.238 e. The van der Waals surface area contributed by atoms with E-state index in [1.165, 1.54) is 0 Å². The molecule has 0 atom stereocenters. The molecule has 0 saturated carbocycles. The third-order valence-electron chi connectivity index (χ3n) is 3.02. The van der Waals surface area contributed by atoms with Crippen LogP contribution in [0, 0.1) is 0 Å². The molecule has 5 heteroatoms. The molecule has 1 heterocycles. The summed E-state index contributed by atoms with van der Waals surface area (Å²) in [5, 5.41) is 7.97. The van der Waals surface area contributed by atoms with E-state index in [-0.39, 0.29) is 0 Å². The van der Waals surface area contributed by atoms with Crippen LogP contribution in [-0.2, 0) is 6.54 Å². The Balaban J connectivity index is 1.79. The van der Waals surface area contributed by atoms with Crippen molar-refractivity contribution in [2.24, 2.45) is 0 Å². The number of benzene rings is 2. The first kappa shape index (κ1) is 13.2. The molecular formula is C16H15N3O2. The van der Waals surface area contributed by atoms with Crippen LogP contribution in [0.4, 0.5) is 0 Å². The molecule has 0 spiro atoms. The summed E-state index contributed by atoms with van der Waals surface area (Å²) in [4.78, 5) is 0. The van der Waals surface area contributed by atoms with Crippen molar-refractivity contribution in [1.29, 1.82) is 0 Å². The summed E-state index contributed by atoms with van der Waals surface area (Å²) in [5.41, 5.74) is 1.14. The molecule has 0 radical (unpaired) electrons. The Morgan fingerprint density at radius 3 is 2.62 bits per heavy atom. The van der Waals surface area contributed by atoms with Crippen LogP contribution in [-0.4, -0.2) is 22.1 Å². The van der Waals surface area contributed by atoms with Crippen LogP contribution >= 0.6 is 0 Å². The molecule has 0 aliphatic carbocycles. The third kappa shape index (κ3) is 3.20. The summed E-state index contributed by atoms with van der Waals surface area (Å²) < 4.78 is 12.7. The maximum atomic E-state index is 5.82. The van der Waals surface area contributed by atoms with Crippen molar-refractivity contribution in [2.45, 2.75) is 6.54 Å². The van der Waals surface area contributed by atoms with Gasteiger partial charge >= 0.3 is 0 Å². The number of hydrogen-bond donors (Lipinski definition) is 0. The molecule has 0 N–H and O–H groups in total. The van der Waals surface area contributed by atoms with Crippen LogP contribution in [0.3, 0.4) is 0 Å². The molecule has 106 valence electrons. The third-order valence-corrected chi connectivity index (χ3v) is 3.02. The molecule has 21 heavy (non-hydrogen) atoms. The van der Waals surface area contributed by atoms with E-state index in [1.807, 2.05) is 54.6 Å². The maximum absolute atomic E-state index is 5.82. The van der Waals surface area contributed by atoms with Gasteiger partial charge in [0.05, 0.1) is 13.7 Å². The van der Waals surface area contributed by atoms with E-state index in [0.29, 0.717) is 18.2 Å². The molecule has 3 aromatic rings. The highest BCUT2D eigenvalue weighted by molar-refractivity contribution is 5.34. The van der Waals surface area contributed by atoms with Gasteiger partial charge in [-0.05, 0) is 17.7 Å². The summed E-state index contributed by atoms with van der Waals surface area (Å²) in [6, 6.07) is 17.5. The fraction of sp³-hybridized carbons (Fsp3) is 0.125. The minimum atomic E-state index is 0.590. The average molecular weight is 281 g/mol. The van der Waals surface area contributed by atoms with Crippen molar-refractivity contribution < 1.29 is 9.47 Å². The largest absolute Gasteiger partial charge is 0.497 e. The molecule has 0 fully saturated rings. The normalized spacial score (nSPS) is 10.3. The molecule has 1 aromatic heterocycles. The quantitative estimate of drug-likeness (QED) is 0.721. The van der Waals surface area contributed by atoms with Gasteiger partial charge in [0, 0.05) is 6.07 Å². The van der Waals surface area contributed by atoms with Crippen LogP contribution in [0.2, 0.25) is 0 Å². The van der Waals surface area contributed by atoms with Gasteiger partial charge in [0.2, 0.25) is 5.88 Å². The Hall–Kier alpha value is -2.82. The van der Waals surface area contributed by atoms with Crippen molar-refractivity contribution in [2.75, 3.05) is 7.11 Å². The molecule has 3 rings (SSSR count). The summed E-state index contributed by atoms with van der Waals surface area (Å²) in [5.74, 6) is 2.02. The first-order valence-corrected chi connectivity index (χ1v) is 6.59. The van der Waals surface area contributed by atoms with E-state index in [1.54, 1.807) is 18.0 Å². The topological polar surface area (TPSA) is 49.2 Å². The van der Waals surface area contributed by atoms with Gasteiger partial charge in [-0.1, -0.05) is 41.6 Å². The number of methoxy groups -OCH3 is 1. The van der Waals surface area contributed by atoms with Crippen LogP contribution in [0.1, 0.15) is 5.56 Å². The zero-order valence-electron chi connectivity index (χ0n) is 11.6. The van der Waals surface area contributed by atoms with E-state index in [9.17, 15) is 0 Å². The zero-order valence-corrected chi connectivity index (χ0v) is 11.6. The van der Waals surface area contributed by atoms with Gasteiger partial charge in [-0.3, -0.25) is 0 Å². The van der Waals surface area contributed by atoms with Gasteiger partial charge in [-0.25, -0.2) is 4.68 Å². The molecule has 2 aromatic carbocycles. The molecule has 0 aliphatic rings. The molecule has 0 saturated heterocycles. The van der Waals surface area contributed by atoms with E-state index in [0.717, 1.165) is 11.3 Å². The maximum Gasteiger partial charge on any atom is 0.238 e. The molecule has 0 unspecified atom stereocenters. The van der Waals surface area contributed by atoms with Crippen LogP contribution < -0.4 is 9.47 Å². The minimum absolute atomic E-state index is 0.590. The van der Waals surface area contributed by atoms with Crippen LogP contribution in [0.25, 0.3) is 0 Å². The van der Waals surface area contributed by atoms with E-state index in [2.05, 4.69) is 10.3 Å². The molecular weight excluding hydrogens is 266 g/mol. The van der Waals surface area contributed by atoms with Crippen LogP contribution in [0.15, 0.2) is 60.8 Å². The highest BCUT2D eigenvalue weighted by Crippen LogP contribution is 2.24. The summed E-state index contributed by atoms with van der Waals surface area (Å²) in [7, 11) is 1.63. The second-order valence-electron chi connectivity index (χ2n) is 4.50. The van der Waals surface area contributed by atoms with Gasteiger partial charge in [0.25, 0.3) is 0 Å². The average Bonchev–Trinajstić information content (AvgIpc) is 2.95. The molecule has 0 bridgehead atoms. The Bertz CT molecular complexity index is 710. The Morgan fingerprint density at radius 1 is 1.00 bits per heavy atom. The van der Waals surface area contributed by atoms with Gasteiger partial charge in [0.15, 0.2) is 0 Å². The van der Waals surface area contributed by atoms with Crippen molar-refractivity contribution in [3.8, 4) is 17.4 Å². The predicted octanol–water partition coefficient (Wildman–Crippen LogP) is 3.13. The number of aromatic nitrogens is 3. The van der Waals surface area contributed by atoms with Gasteiger partial charge in [-0.15, -0.1) is 5.10 Å². The lowest BCUT2D eigenvalue weighted by molar-refractivity contribution is 0.399. The van der Waals surface area contributed by atoms with E-state index >= 15 is 0 Å². The Labute approximate surface area is 122 Å². The van der Waals surface area contributed by atoms with Crippen molar-refractivity contribution in [3.05, 3.63) is 66.4 Å². The number of rotatable bonds is 5. The van der Waals surface area contributed by atoms with Crippen LogP contribution in [0.5, 0.6) is 17.4 Å². The standard InChI is InChI=1S/C16H15N3O2/c1-20-14-8-5-9-15(10-14)21-16-11-17-18-19(16)12-13-6-3-2-4-7-13/h2-11H,12H2,1H3. The fourth-order valence-electron chi connectivity index (χ4n) is 1.98. The fourth-order valence-corrected chi connectivity index (χ4v) is 1.98. The van der Waals surface area contributed by atoms with E-state index in [4.69, 9.17) is 9.47 Å². The van der Waals surface area contributed by atoms with Crippen molar-refractivity contribution in [3.63, 3.8) is 0 Å².